The summed E-state index contributed by atoms with van der Waals surface area (Å²) in [5.74, 6) is 1.82. The maximum absolute atomic E-state index is 6.14. The first-order valence-corrected chi connectivity index (χ1v) is 8.26. The number of para-hydroxylation sites is 1. The fourth-order valence-corrected chi connectivity index (χ4v) is 3.00. The van der Waals surface area contributed by atoms with Crippen LogP contribution in [0.1, 0.15) is 64.0 Å². The summed E-state index contributed by atoms with van der Waals surface area (Å²) in [6.45, 7) is 6.36. The van der Waals surface area contributed by atoms with Gasteiger partial charge in [0.15, 0.2) is 0 Å². The second-order valence-electron chi connectivity index (χ2n) is 6.03. The lowest BCUT2D eigenvalue weighted by Gasteiger charge is -2.23. The number of ether oxygens (including phenoxy) is 1. The molecule has 0 amide bonds. The highest BCUT2D eigenvalue weighted by Gasteiger charge is 2.16. The summed E-state index contributed by atoms with van der Waals surface area (Å²) in [4.78, 5) is 0. The van der Waals surface area contributed by atoms with E-state index in [9.17, 15) is 0 Å². The highest BCUT2D eigenvalue weighted by molar-refractivity contribution is 5.35. The van der Waals surface area contributed by atoms with Crippen molar-refractivity contribution < 1.29 is 4.74 Å². The van der Waals surface area contributed by atoms with Crippen molar-refractivity contribution in [1.82, 2.24) is 5.32 Å². The van der Waals surface area contributed by atoms with E-state index in [1.807, 2.05) is 0 Å². The van der Waals surface area contributed by atoms with Gasteiger partial charge in [0, 0.05) is 11.6 Å². The smallest absolute Gasteiger partial charge is 0.124 e. The predicted molar refractivity (Wildman–Crippen MR) is 85.2 cm³/mol. The van der Waals surface area contributed by atoms with Gasteiger partial charge in [-0.1, -0.05) is 44.4 Å². The Labute approximate surface area is 123 Å². The van der Waals surface area contributed by atoms with Crippen molar-refractivity contribution in [3.05, 3.63) is 29.8 Å². The summed E-state index contributed by atoms with van der Waals surface area (Å²) in [7, 11) is 0. The number of hydrogen-bond donors (Lipinski definition) is 1. The van der Waals surface area contributed by atoms with Crippen molar-refractivity contribution >= 4 is 0 Å². The molecule has 1 aliphatic rings. The zero-order valence-electron chi connectivity index (χ0n) is 13.0. The molecule has 1 aliphatic carbocycles. The van der Waals surface area contributed by atoms with Gasteiger partial charge in [0.2, 0.25) is 0 Å². The van der Waals surface area contributed by atoms with Gasteiger partial charge in [-0.15, -0.1) is 0 Å². The summed E-state index contributed by atoms with van der Waals surface area (Å²) in [6, 6.07) is 8.84. The van der Waals surface area contributed by atoms with Gasteiger partial charge in [-0.2, -0.15) is 0 Å². The van der Waals surface area contributed by atoms with E-state index in [0.29, 0.717) is 6.04 Å². The quantitative estimate of drug-likeness (QED) is 0.778. The topological polar surface area (TPSA) is 21.3 Å². The first-order valence-electron chi connectivity index (χ1n) is 8.26. The molecule has 0 saturated heterocycles. The Morgan fingerprint density at radius 2 is 1.95 bits per heavy atom. The minimum Gasteiger partial charge on any atom is -0.493 e. The van der Waals surface area contributed by atoms with Crippen molar-refractivity contribution in [1.29, 1.82) is 0 Å². The first kappa shape index (κ1) is 15.4. The molecule has 2 heteroatoms. The molecule has 0 heterocycles. The average molecular weight is 275 g/mol. The number of hydrogen-bond acceptors (Lipinski definition) is 2. The molecule has 1 saturated carbocycles. The van der Waals surface area contributed by atoms with E-state index in [4.69, 9.17) is 4.74 Å². The zero-order valence-corrected chi connectivity index (χ0v) is 13.0. The number of benzene rings is 1. The van der Waals surface area contributed by atoms with Crippen LogP contribution in [0.2, 0.25) is 0 Å². The normalized spacial score (nSPS) is 17.9. The van der Waals surface area contributed by atoms with Gasteiger partial charge in [0.05, 0.1) is 6.61 Å². The maximum Gasteiger partial charge on any atom is 0.124 e. The van der Waals surface area contributed by atoms with E-state index in [1.165, 1.54) is 37.7 Å². The van der Waals surface area contributed by atoms with E-state index in [2.05, 4.69) is 43.4 Å². The monoisotopic (exact) mass is 275 g/mol. The van der Waals surface area contributed by atoms with Gasteiger partial charge in [0.25, 0.3) is 0 Å². The van der Waals surface area contributed by atoms with Crippen LogP contribution in [-0.4, -0.2) is 13.2 Å². The molecule has 1 atom stereocenters. The second kappa shape index (κ2) is 8.31. The second-order valence-corrected chi connectivity index (χ2v) is 6.03. The molecule has 2 rings (SSSR count). The molecule has 0 radical (unpaired) electrons. The fourth-order valence-electron chi connectivity index (χ4n) is 3.00. The summed E-state index contributed by atoms with van der Waals surface area (Å²) in [5.41, 5.74) is 1.29. The molecule has 1 aromatic carbocycles. The number of nitrogens with one attached hydrogen (secondary N) is 1. The molecule has 1 unspecified atom stereocenters. The summed E-state index contributed by atoms with van der Waals surface area (Å²) >= 11 is 0. The SMILES string of the molecule is CCCNC(C)c1ccccc1OCC1CCCCC1. The molecule has 1 aromatic rings. The lowest BCUT2D eigenvalue weighted by molar-refractivity contribution is 0.206. The van der Waals surface area contributed by atoms with Crippen LogP contribution in [0.4, 0.5) is 0 Å². The molecule has 1 N–H and O–H groups in total. The Hall–Kier alpha value is -1.02. The van der Waals surface area contributed by atoms with Crippen molar-refractivity contribution in [3.8, 4) is 5.75 Å². The van der Waals surface area contributed by atoms with Crippen LogP contribution in [0.3, 0.4) is 0 Å². The molecule has 2 nitrogen and oxygen atoms in total. The van der Waals surface area contributed by atoms with Crippen LogP contribution in [0.25, 0.3) is 0 Å². The van der Waals surface area contributed by atoms with Crippen LogP contribution in [0, 0.1) is 5.92 Å². The van der Waals surface area contributed by atoms with Crippen LogP contribution in [-0.2, 0) is 0 Å². The van der Waals surface area contributed by atoms with E-state index < -0.39 is 0 Å². The van der Waals surface area contributed by atoms with Gasteiger partial charge in [-0.05, 0) is 44.7 Å². The van der Waals surface area contributed by atoms with Crippen molar-refractivity contribution in [2.24, 2.45) is 5.92 Å². The Bertz CT molecular complexity index is 385. The minimum absolute atomic E-state index is 0.359. The average Bonchev–Trinajstić information content (AvgIpc) is 2.52. The minimum atomic E-state index is 0.359. The van der Waals surface area contributed by atoms with Gasteiger partial charge < -0.3 is 10.1 Å². The van der Waals surface area contributed by atoms with E-state index in [0.717, 1.165) is 31.2 Å². The Balaban J connectivity index is 1.92. The highest BCUT2D eigenvalue weighted by atomic mass is 16.5. The molecular formula is C18H29NO. The lowest BCUT2D eigenvalue weighted by Crippen LogP contribution is -2.21. The van der Waals surface area contributed by atoms with Crippen LogP contribution < -0.4 is 10.1 Å². The summed E-state index contributed by atoms with van der Waals surface area (Å²) in [5, 5.41) is 3.55. The Morgan fingerprint density at radius 3 is 2.70 bits per heavy atom. The van der Waals surface area contributed by atoms with Gasteiger partial charge >= 0.3 is 0 Å². The van der Waals surface area contributed by atoms with E-state index in [-0.39, 0.29) is 0 Å². The third kappa shape index (κ3) is 4.52. The summed E-state index contributed by atoms with van der Waals surface area (Å²) in [6.07, 6.45) is 8.01. The molecule has 0 spiro atoms. The van der Waals surface area contributed by atoms with Gasteiger partial charge in [-0.3, -0.25) is 0 Å². The predicted octanol–water partition coefficient (Wildman–Crippen LogP) is 4.71. The zero-order chi connectivity index (χ0) is 14.2. The first-order chi connectivity index (χ1) is 9.81. The number of rotatable bonds is 7. The molecule has 0 aromatic heterocycles. The molecule has 1 fully saturated rings. The molecule has 20 heavy (non-hydrogen) atoms. The molecule has 0 aliphatic heterocycles. The molecule has 112 valence electrons. The Kier molecular flexibility index (Phi) is 6.38. The molecular weight excluding hydrogens is 246 g/mol. The van der Waals surface area contributed by atoms with Crippen molar-refractivity contribution in [3.63, 3.8) is 0 Å². The van der Waals surface area contributed by atoms with E-state index in [1.54, 1.807) is 0 Å². The van der Waals surface area contributed by atoms with Crippen LogP contribution in [0.15, 0.2) is 24.3 Å². The van der Waals surface area contributed by atoms with Crippen LogP contribution >= 0.6 is 0 Å². The maximum atomic E-state index is 6.14. The van der Waals surface area contributed by atoms with Crippen molar-refractivity contribution in [2.75, 3.05) is 13.2 Å². The fraction of sp³-hybridized carbons (Fsp3) is 0.667. The van der Waals surface area contributed by atoms with Gasteiger partial charge in [-0.25, -0.2) is 0 Å². The highest BCUT2D eigenvalue weighted by Crippen LogP contribution is 2.28. The summed E-state index contributed by atoms with van der Waals surface area (Å²) < 4.78 is 6.14. The lowest BCUT2D eigenvalue weighted by atomic mass is 9.90. The third-order valence-corrected chi connectivity index (χ3v) is 4.29. The van der Waals surface area contributed by atoms with Crippen LogP contribution in [0.5, 0.6) is 5.75 Å². The standard InChI is InChI=1S/C18H29NO/c1-3-13-19-15(2)17-11-7-8-12-18(17)20-14-16-9-5-4-6-10-16/h7-8,11-12,15-16,19H,3-6,9-10,13-14H2,1-2H3. The Morgan fingerprint density at radius 1 is 1.20 bits per heavy atom. The van der Waals surface area contributed by atoms with Gasteiger partial charge in [0.1, 0.15) is 5.75 Å². The van der Waals surface area contributed by atoms with Crippen molar-refractivity contribution in [2.45, 2.75) is 58.4 Å². The largest absolute Gasteiger partial charge is 0.493 e. The third-order valence-electron chi connectivity index (χ3n) is 4.29. The van der Waals surface area contributed by atoms with E-state index >= 15 is 0 Å². The molecule has 0 bridgehead atoms.